The normalized spacial score (nSPS) is 10.9. The Morgan fingerprint density at radius 2 is 1.44 bits per heavy atom. The summed E-state index contributed by atoms with van der Waals surface area (Å²) in [5, 5.41) is 3.09. The Morgan fingerprint density at radius 1 is 0.944 bits per heavy atom. The highest BCUT2D eigenvalue weighted by molar-refractivity contribution is 5.75. The summed E-state index contributed by atoms with van der Waals surface area (Å²) in [6, 6.07) is 0. The van der Waals surface area contributed by atoms with Gasteiger partial charge in [0.15, 0.2) is 23.3 Å². The lowest BCUT2D eigenvalue weighted by atomic mass is 10.2. The third-order valence-corrected chi connectivity index (χ3v) is 1.86. The number of carbonyl (C=O) groups excluding carboxylic acids is 1. The molecule has 8 heteroatoms. The smallest absolute Gasteiger partial charge is 0.200 e. The number of halogens is 5. The van der Waals surface area contributed by atoms with E-state index in [0.717, 1.165) is 6.21 Å². The molecule has 0 saturated carbocycles. The number of carbonyl (C=O) groups is 1. The van der Waals surface area contributed by atoms with Crippen molar-refractivity contribution in [2.45, 2.75) is 13.0 Å². The van der Waals surface area contributed by atoms with Gasteiger partial charge >= 0.3 is 0 Å². The second kappa shape index (κ2) is 6.08. The zero-order valence-electron chi connectivity index (χ0n) is 8.72. The summed E-state index contributed by atoms with van der Waals surface area (Å²) in [4.78, 5) is 14.2. The molecule has 0 aromatic heterocycles. The monoisotopic (exact) mass is 267 g/mol. The summed E-state index contributed by atoms with van der Waals surface area (Å²) >= 11 is 0. The molecule has 0 N–H and O–H groups in total. The van der Waals surface area contributed by atoms with Crippen molar-refractivity contribution >= 4 is 12.5 Å². The minimum atomic E-state index is -2.24. The average Bonchev–Trinajstić information content (AvgIpc) is 2.37. The Morgan fingerprint density at radius 3 is 1.94 bits per heavy atom. The number of aldehydes is 1. The number of oxime groups is 1. The van der Waals surface area contributed by atoms with Gasteiger partial charge in [-0.1, -0.05) is 5.16 Å². The third-order valence-electron chi connectivity index (χ3n) is 1.86. The molecule has 0 fully saturated rings. The first-order valence-corrected chi connectivity index (χ1v) is 4.58. The van der Waals surface area contributed by atoms with Crippen LogP contribution in [-0.4, -0.2) is 12.5 Å². The van der Waals surface area contributed by atoms with Crippen LogP contribution in [0.3, 0.4) is 0 Å². The van der Waals surface area contributed by atoms with Crippen LogP contribution in [0.4, 0.5) is 22.0 Å². The molecule has 0 heterocycles. The van der Waals surface area contributed by atoms with Crippen LogP contribution in [-0.2, 0) is 16.2 Å². The molecule has 0 bridgehead atoms. The van der Waals surface area contributed by atoms with Crippen molar-refractivity contribution in [1.82, 2.24) is 0 Å². The predicted octanol–water partition coefficient (Wildman–Crippen LogP) is 2.47. The summed E-state index contributed by atoms with van der Waals surface area (Å²) in [7, 11) is 0. The Kier molecular flexibility index (Phi) is 4.75. The fraction of sp³-hybridized carbons (Fsp3) is 0.200. The largest absolute Gasteiger partial charge is 0.391 e. The van der Waals surface area contributed by atoms with Crippen molar-refractivity contribution in [2.24, 2.45) is 5.16 Å². The van der Waals surface area contributed by atoms with Gasteiger partial charge in [0.05, 0.1) is 11.8 Å². The molecule has 0 radical (unpaired) electrons. The van der Waals surface area contributed by atoms with Gasteiger partial charge in [-0.3, -0.25) is 0 Å². The number of nitrogens with zero attached hydrogens (tertiary/aromatic N) is 1. The molecule has 0 unspecified atom stereocenters. The van der Waals surface area contributed by atoms with Gasteiger partial charge in [0.2, 0.25) is 5.82 Å². The standard InChI is InChI=1S/C10H6F5NO2/c11-6-5(4-18-16-2-1-3-17)7(12)9(14)10(15)8(6)13/h2-3H,1,4H2/b16-2+. The van der Waals surface area contributed by atoms with Gasteiger partial charge in [-0.05, 0) is 0 Å². The Labute approximate surface area is 97.8 Å². The first kappa shape index (κ1) is 14.1. The highest BCUT2D eigenvalue weighted by Crippen LogP contribution is 2.23. The van der Waals surface area contributed by atoms with Gasteiger partial charge in [-0.2, -0.15) is 0 Å². The van der Waals surface area contributed by atoms with Crippen molar-refractivity contribution in [1.29, 1.82) is 0 Å². The van der Waals surface area contributed by atoms with Gasteiger partial charge < -0.3 is 9.63 Å². The van der Waals surface area contributed by atoms with Crippen molar-refractivity contribution in [3.05, 3.63) is 34.6 Å². The maximum atomic E-state index is 13.1. The van der Waals surface area contributed by atoms with Crippen molar-refractivity contribution < 1.29 is 31.6 Å². The maximum absolute atomic E-state index is 13.1. The lowest BCUT2D eigenvalue weighted by Gasteiger charge is -2.06. The second-order valence-electron chi connectivity index (χ2n) is 3.01. The Bertz CT molecular complexity index is 461. The van der Waals surface area contributed by atoms with Gasteiger partial charge in [-0.25, -0.2) is 22.0 Å². The number of hydrogen-bond donors (Lipinski definition) is 0. The molecule has 0 aliphatic carbocycles. The summed E-state index contributed by atoms with van der Waals surface area (Å²) in [5.74, 6) is -10.3. The predicted molar refractivity (Wildman–Crippen MR) is 50.2 cm³/mol. The van der Waals surface area contributed by atoms with E-state index in [0.29, 0.717) is 6.29 Å². The molecule has 0 aliphatic rings. The second-order valence-corrected chi connectivity index (χ2v) is 3.01. The molecular formula is C10H6F5NO2. The highest BCUT2D eigenvalue weighted by atomic mass is 19.2. The Balaban J connectivity index is 2.92. The minimum absolute atomic E-state index is 0.100. The van der Waals surface area contributed by atoms with E-state index in [-0.39, 0.29) is 6.42 Å². The van der Waals surface area contributed by atoms with Crippen molar-refractivity contribution in [3.63, 3.8) is 0 Å². The summed E-state index contributed by atoms with van der Waals surface area (Å²) in [6.07, 6.45) is 1.35. The first-order chi connectivity index (χ1) is 8.50. The number of rotatable bonds is 5. The van der Waals surface area contributed by atoms with Crippen LogP contribution < -0.4 is 0 Å². The van der Waals surface area contributed by atoms with E-state index < -0.39 is 41.3 Å². The van der Waals surface area contributed by atoms with Crippen LogP contribution in [0.5, 0.6) is 0 Å². The molecule has 3 nitrogen and oxygen atoms in total. The van der Waals surface area contributed by atoms with Crippen LogP contribution in [0.1, 0.15) is 12.0 Å². The van der Waals surface area contributed by atoms with E-state index in [1.807, 2.05) is 0 Å². The first-order valence-electron chi connectivity index (χ1n) is 4.58. The zero-order chi connectivity index (χ0) is 13.7. The molecule has 0 aliphatic heterocycles. The number of benzene rings is 1. The summed E-state index contributed by atoms with van der Waals surface area (Å²) < 4.78 is 64.2. The van der Waals surface area contributed by atoms with Crippen molar-refractivity contribution in [3.8, 4) is 0 Å². The van der Waals surface area contributed by atoms with E-state index in [1.165, 1.54) is 0 Å². The van der Waals surface area contributed by atoms with Crippen LogP contribution in [0.2, 0.25) is 0 Å². The fourth-order valence-electron chi connectivity index (χ4n) is 1.02. The lowest BCUT2D eigenvalue weighted by molar-refractivity contribution is -0.106. The van der Waals surface area contributed by atoms with Crippen molar-refractivity contribution in [2.75, 3.05) is 0 Å². The topological polar surface area (TPSA) is 38.7 Å². The molecule has 18 heavy (non-hydrogen) atoms. The van der Waals surface area contributed by atoms with E-state index in [2.05, 4.69) is 9.99 Å². The molecule has 0 atom stereocenters. The lowest BCUT2D eigenvalue weighted by Crippen LogP contribution is -2.07. The molecule has 1 aromatic carbocycles. The minimum Gasteiger partial charge on any atom is -0.391 e. The van der Waals surface area contributed by atoms with Crippen LogP contribution >= 0.6 is 0 Å². The SMILES string of the molecule is O=CC/C=N/OCc1c(F)c(F)c(F)c(F)c1F. The third kappa shape index (κ3) is 2.82. The van der Waals surface area contributed by atoms with Crippen LogP contribution in [0.15, 0.2) is 5.16 Å². The molecule has 0 saturated heterocycles. The summed E-state index contributed by atoms with van der Waals surface area (Å²) in [6.45, 7) is -0.943. The number of hydrogen-bond acceptors (Lipinski definition) is 3. The van der Waals surface area contributed by atoms with Crippen LogP contribution in [0.25, 0.3) is 0 Å². The molecular weight excluding hydrogens is 261 g/mol. The molecule has 0 spiro atoms. The van der Waals surface area contributed by atoms with Gasteiger partial charge in [0.25, 0.3) is 0 Å². The molecule has 98 valence electrons. The van der Waals surface area contributed by atoms with E-state index in [4.69, 9.17) is 0 Å². The fourth-order valence-corrected chi connectivity index (χ4v) is 1.02. The highest BCUT2D eigenvalue weighted by Gasteiger charge is 2.25. The van der Waals surface area contributed by atoms with E-state index in [9.17, 15) is 26.7 Å². The zero-order valence-corrected chi connectivity index (χ0v) is 8.72. The molecule has 1 aromatic rings. The Hall–Kier alpha value is -1.99. The van der Waals surface area contributed by atoms with Crippen LogP contribution in [0, 0.1) is 29.1 Å². The average molecular weight is 267 g/mol. The molecule has 0 amide bonds. The quantitative estimate of drug-likeness (QED) is 0.205. The molecule has 1 rings (SSSR count). The van der Waals surface area contributed by atoms with E-state index >= 15 is 0 Å². The summed E-state index contributed by atoms with van der Waals surface area (Å²) in [5.41, 5.74) is -1.13. The van der Waals surface area contributed by atoms with Gasteiger partial charge in [-0.15, -0.1) is 0 Å². The van der Waals surface area contributed by atoms with Gasteiger partial charge in [0, 0.05) is 6.42 Å². The van der Waals surface area contributed by atoms with Gasteiger partial charge in [0.1, 0.15) is 12.9 Å². The maximum Gasteiger partial charge on any atom is 0.200 e. The van der Waals surface area contributed by atoms with E-state index in [1.54, 1.807) is 0 Å².